The molecule has 0 aliphatic heterocycles. The molecule has 0 spiro atoms. The number of benzene rings is 1. The average Bonchev–Trinajstić information content (AvgIpc) is 2.27. The fourth-order valence-electron chi connectivity index (χ4n) is 1.64. The number of ketones is 1. The van der Waals surface area contributed by atoms with Crippen molar-refractivity contribution in [3.05, 3.63) is 59.3 Å². The molecule has 0 heterocycles. The van der Waals surface area contributed by atoms with Gasteiger partial charge in [-0.25, -0.2) is 0 Å². The lowest BCUT2D eigenvalue weighted by Crippen LogP contribution is -2.07. The molecule has 3 nitrogen and oxygen atoms in total. The minimum atomic E-state index is -0.0703. The molecular formula is C14H13NO2. The van der Waals surface area contributed by atoms with E-state index in [1.54, 1.807) is 30.3 Å². The standard InChI is InChI=1S/C14H13NO2/c15-12-7-11(8-14(17)9-12)2-1-10-3-5-13(16)6-4-10/h1-6,8-9,16H,7,15H2. The zero-order valence-electron chi connectivity index (χ0n) is 9.26. The Bertz CT molecular complexity index is 522. The zero-order valence-corrected chi connectivity index (χ0v) is 9.26. The number of carbonyl (C=O) groups excluding carboxylic acids is 1. The van der Waals surface area contributed by atoms with Crippen molar-refractivity contribution in [2.24, 2.45) is 5.73 Å². The van der Waals surface area contributed by atoms with Gasteiger partial charge in [0.2, 0.25) is 0 Å². The molecule has 1 aliphatic carbocycles. The van der Waals surface area contributed by atoms with Crippen LogP contribution in [0.2, 0.25) is 0 Å². The van der Waals surface area contributed by atoms with Gasteiger partial charge in [0.05, 0.1) is 0 Å². The first-order chi connectivity index (χ1) is 8.13. The number of hydrogen-bond acceptors (Lipinski definition) is 3. The van der Waals surface area contributed by atoms with E-state index in [-0.39, 0.29) is 11.5 Å². The molecule has 0 atom stereocenters. The van der Waals surface area contributed by atoms with Crippen LogP contribution in [0.1, 0.15) is 12.0 Å². The van der Waals surface area contributed by atoms with Crippen LogP contribution in [-0.2, 0) is 4.79 Å². The van der Waals surface area contributed by atoms with Crippen molar-refractivity contribution in [1.82, 2.24) is 0 Å². The molecule has 17 heavy (non-hydrogen) atoms. The predicted molar refractivity (Wildman–Crippen MR) is 67.1 cm³/mol. The summed E-state index contributed by atoms with van der Waals surface area (Å²) in [6.07, 6.45) is 7.37. The van der Waals surface area contributed by atoms with E-state index in [4.69, 9.17) is 10.8 Å². The Hall–Kier alpha value is -2.29. The van der Waals surface area contributed by atoms with Crippen LogP contribution in [0.3, 0.4) is 0 Å². The monoisotopic (exact) mass is 227 g/mol. The van der Waals surface area contributed by atoms with Crippen LogP contribution in [0.25, 0.3) is 6.08 Å². The van der Waals surface area contributed by atoms with E-state index in [9.17, 15) is 4.79 Å². The molecule has 0 aromatic heterocycles. The van der Waals surface area contributed by atoms with Gasteiger partial charge in [0.15, 0.2) is 5.78 Å². The maximum Gasteiger partial charge on any atom is 0.180 e. The van der Waals surface area contributed by atoms with E-state index in [1.165, 1.54) is 6.08 Å². The second-order valence-corrected chi connectivity index (χ2v) is 3.94. The van der Waals surface area contributed by atoms with E-state index in [0.29, 0.717) is 12.1 Å². The molecule has 0 saturated carbocycles. The molecule has 3 N–H and O–H groups in total. The highest BCUT2D eigenvalue weighted by Crippen LogP contribution is 2.17. The largest absolute Gasteiger partial charge is 0.508 e. The lowest BCUT2D eigenvalue weighted by molar-refractivity contribution is -0.110. The minimum absolute atomic E-state index is 0.0703. The van der Waals surface area contributed by atoms with Crippen molar-refractivity contribution in [3.8, 4) is 5.75 Å². The molecule has 1 aromatic rings. The van der Waals surface area contributed by atoms with Crippen molar-refractivity contribution in [2.75, 3.05) is 0 Å². The van der Waals surface area contributed by atoms with Crippen LogP contribution in [0.4, 0.5) is 0 Å². The smallest absolute Gasteiger partial charge is 0.180 e. The van der Waals surface area contributed by atoms with Crippen LogP contribution in [-0.4, -0.2) is 10.9 Å². The Morgan fingerprint density at radius 3 is 2.47 bits per heavy atom. The second-order valence-electron chi connectivity index (χ2n) is 3.94. The summed E-state index contributed by atoms with van der Waals surface area (Å²) >= 11 is 0. The highest BCUT2D eigenvalue weighted by molar-refractivity contribution is 6.01. The minimum Gasteiger partial charge on any atom is -0.508 e. The number of aromatic hydroxyl groups is 1. The summed E-state index contributed by atoms with van der Waals surface area (Å²) in [5, 5.41) is 9.14. The van der Waals surface area contributed by atoms with Gasteiger partial charge in [0, 0.05) is 18.2 Å². The van der Waals surface area contributed by atoms with Crippen LogP contribution in [0.15, 0.2) is 53.8 Å². The zero-order chi connectivity index (χ0) is 12.3. The molecular weight excluding hydrogens is 214 g/mol. The third-order valence-electron chi connectivity index (χ3n) is 2.45. The van der Waals surface area contributed by atoms with E-state index in [1.807, 2.05) is 12.2 Å². The number of carbonyl (C=O) groups is 1. The summed E-state index contributed by atoms with van der Waals surface area (Å²) in [5.74, 6) is 0.167. The Labute approximate surface area is 99.6 Å². The van der Waals surface area contributed by atoms with E-state index < -0.39 is 0 Å². The summed E-state index contributed by atoms with van der Waals surface area (Å²) in [7, 11) is 0. The van der Waals surface area contributed by atoms with Crippen LogP contribution in [0.5, 0.6) is 5.75 Å². The van der Waals surface area contributed by atoms with Crippen molar-refractivity contribution >= 4 is 11.9 Å². The first-order valence-corrected chi connectivity index (χ1v) is 5.31. The van der Waals surface area contributed by atoms with E-state index >= 15 is 0 Å². The third kappa shape index (κ3) is 3.08. The predicted octanol–water partition coefficient (Wildman–Crippen LogP) is 2.15. The summed E-state index contributed by atoms with van der Waals surface area (Å²) in [6.45, 7) is 0. The Morgan fingerprint density at radius 2 is 1.82 bits per heavy atom. The molecule has 0 amide bonds. The van der Waals surface area contributed by atoms with Crippen molar-refractivity contribution < 1.29 is 9.90 Å². The van der Waals surface area contributed by atoms with Crippen LogP contribution >= 0.6 is 0 Å². The van der Waals surface area contributed by atoms with E-state index in [2.05, 4.69) is 0 Å². The summed E-state index contributed by atoms with van der Waals surface area (Å²) in [5.41, 5.74) is 8.08. The van der Waals surface area contributed by atoms with Gasteiger partial charge in [-0.15, -0.1) is 0 Å². The molecule has 0 unspecified atom stereocenters. The molecule has 0 fully saturated rings. The lowest BCUT2D eigenvalue weighted by Gasteiger charge is -2.07. The molecule has 2 rings (SSSR count). The van der Waals surface area contributed by atoms with E-state index in [0.717, 1.165) is 11.1 Å². The molecule has 3 heteroatoms. The number of nitrogens with two attached hydrogens (primary N) is 1. The van der Waals surface area contributed by atoms with Gasteiger partial charge in [-0.2, -0.15) is 0 Å². The molecule has 86 valence electrons. The van der Waals surface area contributed by atoms with Gasteiger partial charge in [-0.1, -0.05) is 24.3 Å². The summed E-state index contributed by atoms with van der Waals surface area (Å²) in [4.78, 5) is 11.2. The highest BCUT2D eigenvalue weighted by atomic mass is 16.3. The van der Waals surface area contributed by atoms with Gasteiger partial charge in [0.25, 0.3) is 0 Å². The average molecular weight is 227 g/mol. The van der Waals surface area contributed by atoms with Gasteiger partial charge >= 0.3 is 0 Å². The topological polar surface area (TPSA) is 63.3 Å². The lowest BCUT2D eigenvalue weighted by atomic mass is 10.0. The third-order valence-corrected chi connectivity index (χ3v) is 2.45. The highest BCUT2D eigenvalue weighted by Gasteiger charge is 2.06. The summed E-state index contributed by atoms with van der Waals surface area (Å²) < 4.78 is 0. The molecule has 1 aliphatic rings. The Balaban J connectivity index is 2.11. The van der Waals surface area contributed by atoms with Crippen LogP contribution in [0, 0.1) is 0 Å². The number of phenolic OH excluding ortho intramolecular Hbond substituents is 1. The fraction of sp³-hybridized carbons (Fsp3) is 0.0714. The van der Waals surface area contributed by atoms with Crippen molar-refractivity contribution in [3.63, 3.8) is 0 Å². The van der Waals surface area contributed by atoms with Gasteiger partial charge in [0.1, 0.15) is 5.75 Å². The van der Waals surface area contributed by atoms with Crippen LogP contribution < -0.4 is 5.73 Å². The fourth-order valence-corrected chi connectivity index (χ4v) is 1.64. The maximum absolute atomic E-state index is 11.2. The van der Waals surface area contributed by atoms with Crippen molar-refractivity contribution in [1.29, 1.82) is 0 Å². The number of hydrogen-bond donors (Lipinski definition) is 2. The Morgan fingerprint density at radius 1 is 1.12 bits per heavy atom. The molecule has 0 saturated heterocycles. The quantitative estimate of drug-likeness (QED) is 0.813. The van der Waals surface area contributed by atoms with Gasteiger partial charge in [-0.3, -0.25) is 4.79 Å². The second kappa shape index (κ2) is 4.70. The number of allylic oxidation sites excluding steroid dienone is 4. The first kappa shape index (κ1) is 11.2. The van der Waals surface area contributed by atoms with Gasteiger partial charge < -0.3 is 10.8 Å². The first-order valence-electron chi connectivity index (χ1n) is 5.31. The van der Waals surface area contributed by atoms with Crippen molar-refractivity contribution in [2.45, 2.75) is 6.42 Å². The maximum atomic E-state index is 11.2. The Kier molecular flexibility index (Phi) is 3.10. The number of phenols is 1. The van der Waals surface area contributed by atoms with Gasteiger partial charge in [-0.05, 0) is 29.3 Å². The molecule has 0 radical (unpaired) electrons. The molecule has 0 bridgehead atoms. The number of rotatable bonds is 2. The normalized spacial score (nSPS) is 15.9. The SMILES string of the molecule is NC1=CC(=O)C=C(C=Cc2ccc(O)cc2)C1. The molecule has 1 aromatic carbocycles. The summed E-state index contributed by atoms with van der Waals surface area (Å²) in [6, 6.07) is 6.84.